The summed E-state index contributed by atoms with van der Waals surface area (Å²) in [7, 11) is 0. The molecule has 2 aliphatic heterocycles. The van der Waals surface area contributed by atoms with Crippen molar-refractivity contribution < 1.29 is 4.79 Å². The lowest BCUT2D eigenvalue weighted by molar-refractivity contribution is -0.134. The van der Waals surface area contributed by atoms with E-state index in [-0.39, 0.29) is 0 Å². The molecule has 2 unspecified atom stereocenters. The fourth-order valence-electron chi connectivity index (χ4n) is 3.26. The quantitative estimate of drug-likeness (QED) is 0.833. The fraction of sp³-hybridized carbons (Fsp3) is 0.933. The third-order valence-electron chi connectivity index (χ3n) is 4.92. The standard InChI is InChI=1S/C15H28N2O/c1-3-15(2)8-4-10-17(12-15)14(18)6-5-13-7-9-16-11-13/h13,16H,3-12H2,1-2H3. The largest absolute Gasteiger partial charge is 0.342 e. The molecule has 2 fully saturated rings. The van der Waals surface area contributed by atoms with Gasteiger partial charge in [-0.1, -0.05) is 13.8 Å². The van der Waals surface area contributed by atoms with Crippen LogP contribution in [-0.4, -0.2) is 37.0 Å². The molecule has 0 aromatic rings. The Morgan fingerprint density at radius 3 is 3.00 bits per heavy atom. The van der Waals surface area contributed by atoms with Gasteiger partial charge in [0.1, 0.15) is 0 Å². The molecule has 0 aromatic carbocycles. The SMILES string of the molecule is CCC1(C)CCCN(C(=O)CCC2CCNC2)C1. The van der Waals surface area contributed by atoms with E-state index in [1.54, 1.807) is 0 Å². The lowest BCUT2D eigenvalue weighted by Crippen LogP contribution is -2.44. The number of nitrogens with zero attached hydrogens (tertiary/aromatic N) is 1. The maximum atomic E-state index is 12.3. The van der Waals surface area contributed by atoms with Crippen LogP contribution < -0.4 is 5.32 Å². The summed E-state index contributed by atoms with van der Waals surface area (Å²) in [4.78, 5) is 14.4. The van der Waals surface area contributed by atoms with E-state index in [2.05, 4.69) is 24.1 Å². The average Bonchev–Trinajstić information content (AvgIpc) is 2.89. The minimum absolute atomic E-state index is 0.364. The molecule has 0 saturated carbocycles. The predicted molar refractivity (Wildman–Crippen MR) is 74.4 cm³/mol. The van der Waals surface area contributed by atoms with Gasteiger partial charge in [-0.3, -0.25) is 4.79 Å². The Bertz CT molecular complexity index is 286. The molecule has 1 amide bonds. The van der Waals surface area contributed by atoms with E-state index in [1.165, 1.54) is 25.7 Å². The van der Waals surface area contributed by atoms with Crippen LogP contribution in [0.1, 0.15) is 52.4 Å². The highest BCUT2D eigenvalue weighted by atomic mass is 16.2. The molecule has 2 rings (SSSR count). The number of hydrogen-bond acceptors (Lipinski definition) is 2. The van der Waals surface area contributed by atoms with Gasteiger partial charge in [-0.05, 0) is 56.5 Å². The number of piperidine rings is 1. The number of nitrogens with one attached hydrogen (secondary N) is 1. The van der Waals surface area contributed by atoms with Crippen molar-refractivity contribution in [2.75, 3.05) is 26.2 Å². The normalized spacial score (nSPS) is 32.8. The van der Waals surface area contributed by atoms with Gasteiger partial charge in [-0.2, -0.15) is 0 Å². The molecule has 0 spiro atoms. The van der Waals surface area contributed by atoms with Crippen molar-refractivity contribution in [2.45, 2.75) is 52.4 Å². The Labute approximate surface area is 111 Å². The third kappa shape index (κ3) is 3.47. The van der Waals surface area contributed by atoms with Crippen LogP contribution in [0.15, 0.2) is 0 Å². The van der Waals surface area contributed by atoms with Crippen molar-refractivity contribution in [1.29, 1.82) is 0 Å². The molecule has 104 valence electrons. The highest BCUT2D eigenvalue weighted by molar-refractivity contribution is 5.76. The summed E-state index contributed by atoms with van der Waals surface area (Å²) in [6.07, 6.45) is 6.72. The zero-order chi connectivity index (χ0) is 13.0. The Morgan fingerprint density at radius 1 is 1.50 bits per heavy atom. The molecule has 1 N–H and O–H groups in total. The first-order chi connectivity index (χ1) is 8.63. The first-order valence-electron chi connectivity index (χ1n) is 7.61. The third-order valence-corrected chi connectivity index (χ3v) is 4.92. The van der Waals surface area contributed by atoms with E-state index in [0.29, 0.717) is 11.3 Å². The van der Waals surface area contributed by atoms with E-state index in [0.717, 1.165) is 44.9 Å². The van der Waals surface area contributed by atoms with Gasteiger partial charge in [0.25, 0.3) is 0 Å². The van der Waals surface area contributed by atoms with Gasteiger partial charge in [0.15, 0.2) is 0 Å². The number of hydrogen-bond donors (Lipinski definition) is 1. The average molecular weight is 252 g/mol. The first kappa shape index (κ1) is 13.9. The summed E-state index contributed by atoms with van der Waals surface area (Å²) >= 11 is 0. The molecule has 0 aliphatic carbocycles. The molecule has 2 atom stereocenters. The molecule has 0 radical (unpaired) electrons. The van der Waals surface area contributed by atoms with Gasteiger partial charge in [0.05, 0.1) is 0 Å². The molecule has 3 heteroatoms. The summed E-state index contributed by atoms with van der Waals surface area (Å²) in [5.41, 5.74) is 0.364. The lowest BCUT2D eigenvalue weighted by Gasteiger charge is -2.40. The van der Waals surface area contributed by atoms with E-state index in [9.17, 15) is 4.79 Å². The van der Waals surface area contributed by atoms with Crippen molar-refractivity contribution in [1.82, 2.24) is 10.2 Å². The second-order valence-corrected chi connectivity index (χ2v) is 6.48. The Hall–Kier alpha value is -0.570. The molecule has 3 nitrogen and oxygen atoms in total. The number of carbonyl (C=O) groups is 1. The van der Waals surface area contributed by atoms with Gasteiger partial charge in [-0.25, -0.2) is 0 Å². The van der Waals surface area contributed by atoms with E-state index >= 15 is 0 Å². The smallest absolute Gasteiger partial charge is 0.222 e. The van der Waals surface area contributed by atoms with Crippen molar-refractivity contribution in [3.05, 3.63) is 0 Å². The maximum Gasteiger partial charge on any atom is 0.222 e. The fourth-order valence-corrected chi connectivity index (χ4v) is 3.26. The zero-order valence-electron chi connectivity index (χ0n) is 12.0. The van der Waals surface area contributed by atoms with Crippen molar-refractivity contribution >= 4 is 5.91 Å². The molecule has 0 aromatic heterocycles. The Kier molecular flexibility index (Phi) is 4.66. The van der Waals surface area contributed by atoms with Crippen LogP contribution in [0.2, 0.25) is 0 Å². The van der Waals surface area contributed by atoms with Gasteiger partial charge in [0.2, 0.25) is 5.91 Å². The van der Waals surface area contributed by atoms with E-state index in [1.807, 2.05) is 0 Å². The van der Waals surface area contributed by atoms with E-state index < -0.39 is 0 Å². The minimum Gasteiger partial charge on any atom is -0.342 e. The second-order valence-electron chi connectivity index (χ2n) is 6.48. The number of amides is 1. The number of carbonyl (C=O) groups excluding carboxylic acids is 1. The maximum absolute atomic E-state index is 12.3. The van der Waals surface area contributed by atoms with Crippen LogP contribution in [0.25, 0.3) is 0 Å². The van der Waals surface area contributed by atoms with Crippen LogP contribution >= 0.6 is 0 Å². The molecule has 18 heavy (non-hydrogen) atoms. The Balaban J connectivity index is 1.77. The highest BCUT2D eigenvalue weighted by Gasteiger charge is 2.31. The van der Waals surface area contributed by atoms with Gasteiger partial charge < -0.3 is 10.2 Å². The summed E-state index contributed by atoms with van der Waals surface area (Å²) in [6.45, 7) is 8.78. The van der Waals surface area contributed by atoms with Crippen molar-refractivity contribution in [2.24, 2.45) is 11.3 Å². The number of likely N-dealkylation sites (tertiary alicyclic amines) is 1. The van der Waals surface area contributed by atoms with Gasteiger partial charge >= 0.3 is 0 Å². The summed E-state index contributed by atoms with van der Waals surface area (Å²) in [5.74, 6) is 1.12. The monoisotopic (exact) mass is 252 g/mol. The van der Waals surface area contributed by atoms with Gasteiger partial charge in [0, 0.05) is 19.5 Å². The van der Waals surface area contributed by atoms with Gasteiger partial charge in [-0.15, -0.1) is 0 Å². The van der Waals surface area contributed by atoms with Crippen molar-refractivity contribution in [3.63, 3.8) is 0 Å². The van der Waals surface area contributed by atoms with Crippen LogP contribution in [0.5, 0.6) is 0 Å². The Morgan fingerprint density at radius 2 is 2.33 bits per heavy atom. The summed E-state index contributed by atoms with van der Waals surface area (Å²) in [5, 5.41) is 3.37. The molecule has 0 bridgehead atoms. The highest BCUT2D eigenvalue weighted by Crippen LogP contribution is 2.32. The van der Waals surface area contributed by atoms with Crippen molar-refractivity contribution in [3.8, 4) is 0 Å². The molecular formula is C15H28N2O. The van der Waals surface area contributed by atoms with Crippen LogP contribution in [-0.2, 0) is 4.79 Å². The zero-order valence-corrected chi connectivity index (χ0v) is 12.0. The minimum atomic E-state index is 0.364. The lowest BCUT2D eigenvalue weighted by atomic mass is 9.79. The van der Waals surface area contributed by atoms with Crippen LogP contribution in [0, 0.1) is 11.3 Å². The summed E-state index contributed by atoms with van der Waals surface area (Å²) < 4.78 is 0. The topological polar surface area (TPSA) is 32.3 Å². The molecule has 2 heterocycles. The predicted octanol–water partition coefficient (Wildman–Crippen LogP) is 2.41. The first-order valence-corrected chi connectivity index (χ1v) is 7.61. The molecule has 2 saturated heterocycles. The summed E-state index contributed by atoms with van der Waals surface area (Å²) in [6, 6.07) is 0. The van der Waals surface area contributed by atoms with E-state index in [4.69, 9.17) is 0 Å². The van der Waals surface area contributed by atoms with Crippen LogP contribution in [0.4, 0.5) is 0 Å². The number of rotatable bonds is 4. The van der Waals surface area contributed by atoms with Crippen LogP contribution in [0.3, 0.4) is 0 Å². The second kappa shape index (κ2) is 6.05. The molecule has 2 aliphatic rings. The molecular weight excluding hydrogens is 224 g/mol.